The zero-order valence-electron chi connectivity index (χ0n) is 10.8. The van der Waals surface area contributed by atoms with Crippen LogP contribution in [0.4, 0.5) is 5.69 Å². The van der Waals surface area contributed by atoms with Crippen LogP contribution < -0.4 is 5.32 Å². The van der Waals surface area contributed by atoms with Gasteiger partial charge in [0.15, 0.2) is 0 Å². The first-order chi connectivity index (χ1) is 8.90. The molecule has 0 radical (unpaired) electrons. The lowest BCUT2D eigenvalue weighted by atomic mass is 10.2. The van der Waals surface area contributed by atoms with Crippen molar-refractivity contribution in [1.29, 1.82) is 0 Å². The van der Waals surface area contributed by atoms with E-state index in [1.165, 1.54) is 4.68 Å². The number of aryl methyl sites for hydroxylation is 3. The standard InChI is InChI=1S/C13H13Cl2N3O/c1-7-4-5-9(6-10(7)14)16-13(19)11-8(2)17-18(3)12(11)15/h4-6H,1-3H3,(H,16,19). The minimum Gasteiger partial charge on any atom is -0.322 e. The molecule has 0 bridgehead atoms. The van der Waals surface area contributed by atoms with Gasteiger partial charge in [-0.15, -0.1) is 0 Å². The summed E-state index contributed by atoms with van der Waals surface area (Å²) in [6.07, 6.45) is 0. The normalized spacial score (nSPS) is 10.6. The van der Waals surface area contributed by atoms with E-state index in [0.29, 0.717) is 27.1 Å². The molecule has 0 aliphatic carbocycles. The molecule has 4 nitrogen and oxygen atoms in total. The summed E-state index contributed by atoms with van der Waals surface area (Å²) in [5, 5.41) is 7.78. The Morgan fingerprint density at radius 3 is 2.53 bits per heavy atom. The van der Waals surface area contributed by atoms with Gasteiger partial charge in [0.05, 0.1) is 11.3 Å². The number of nitrogens with zero attached hydrogens (tertiary/aromatic N) is 2. The summed E-state index contributed by atoms with van der Waals surface area (Å²) in [7, 11) is 1.69. The van der Waals surface area contributed by atoms with Crippen molar-refractivity contribution in [2.24, 2.45) is 7.05 Å². The minimum absolute atomic E-state index is 0.296. The van der Waals surface area contributed by atoms with Crippen molar-refractivity contribution < 1.29 is 4.79 Å². The molecule has 1 N–H and O–H groups in total. The van der Waals surface area contributed by atoms with Gasteiger partial charge in [-0.25, -0.2) is 0 Å². The number of benzene rings is 1. The highest BCUT2D eigenvalue weighted by Crippen LogP contribution is 2.23. The number of carbonyl (C=O) groups excluding carboxylic acids is 1. The Kier molecular flexibility index (Phi) is 3.83. The van der Waals surface area contributed by atoms with Crippen LogP contribution >= 0.6 is 23.2 Å². The third kappa shape index (κ3) is 2.74. The second-order valence-electron chi connectivity index (χ2n) is 4.29. The lowest BCUT2D eigenvalue weighted by Gasteiger charge is -2.06. The van der Waals surface area contributed by atoms with Gasteiger partial charge in [-0.2, -0.15) is 5.10 Å². The van der Waals surface area contributed by atoms with E-state index in [4.69, 9.17) is 23.2 Å². The Balaban J connectivity index is 2.28. The molecule has 1 aromatic heterocycles. The molecule has 2 aromatic rings. The molecule has 1 amide bonds. The quantitative estimate of drug-likeness (QED) is 0.921. The summed E-state index contributed by atoms with van der Waals surface area (Å²) in [6.45, 7) is 3.64. The monoisotopic (exact) mass is 297 g/mol. The number of carbonyl (C=O) groups is 1. The van der Waals surface area contributed by atoms with Crippen LogP contribution in [0.1, 0.15) is 21.6 Å². The van der Waals surface area contributed by atoms with Crippen molar-refractivity contribution in [3.63, 3.8) is 0 Å². The first kappa shape index (κ1) is 13.9. The number of halogens is 2. The van der Waals surface area contributed by atoms with Crippen molar-refractivity contribution in [3.8, 4) is 0 Å². The molecule has 0 spiro atoms. The fourth-order valence-corrected chi connectivity index (χ4v) is 2.19. The van der Waals surface area contributed by atoms with Crippen LogP contribution in [0.25, 0.3) is 0 Å². The lowest BCUT2D eigenvalue weighted by Crippen LogP contribution is -2.13. The summed E-state index contributed by atoms with van der Waals surface area (Å²) in [5.74, 6) is -0.296. The predicted molar refractivity (Wildman–Crippen MR) is 77.1 cm³/mol. The Morgan fingerprint density at radius 1 is 1.32 bits per heavy atom. The van der Waals surface area contributed by atoms with E-state index < -0.39 is 0 Å². The van der Waals surface area contributed by atoms with Crippen LogP contribution in [0.5, 0.6) is 0 Å². The maximum absolute atomic E-state index is 12.2. The Bertz CT molecular complexity index is 650. The summed E-state index contributed by atoms with van der Waals surface area (Å²) >= 11 is 12.1. The first-order valence-electron chi connectivity index (χ1n) is 5.66. The molecule has 0 fully saturated rings. The zero-order valence-corrected chi connectivity index (χ0v) is 12.3. The molecule has 0 saturated carbocycles. The van der Waals surface area contributed by atoms with Crippen molar-refractivity contribution >= 4 is 34.8 Å². The van der Waals surface area contributed by atoms with E-state index >= 15 is 0 Å². The number of hydrogen-bond acceptors (Lipinski definition) is 2. The van der Waals surface area contributed by atoms with Gasteiger partial charge in [-0.1, -0.05) is 29.3 Å². The minimum atomic E-state index is -0.296. The highest BCUT2D eigenvalue weighted by atomic mass is 35.5. The van der Waals surface area contributed by atoms with Crippen LogP contribution in [-0.2, 0) is 7.05 Å². The molecule has 0 saturated heterocycles. The van der Waals surface area contributed by atoms with Gasteiger partial charge in [0.1, 0.15) is 5.15 Å². The SMILES string of the molecule is Cc1ccc(NC(=O)c2c(C)nn(C)c2Cl)cc1Cl. The number of amides is 1. The van der Waals surface area contributed by atoms with Crippen LogP contribution in [0.15, 0.2) is 18.2 Å². The fraction of sp³-hybridized carbons (Fsp3) is 0.231. The van der Waals surface area contributed by atoms with E-state index in [0.717, 1.165) is 5.56 Å². The number of rotatable bonds is 2. The highest BCUT2D eigenvalue weighted by Gasteiger charge is 2.19. The van der Waals surface area contributed by atoms with Gasteiger partial charge in [0, 0.05) is 17.8 Å². The summed E-state index contributed by atoms with van der Waals surface area (Å²) in [4.78, 5) is 12.2. The van der Waals surface area contributed by atoms with Gasteiger partial charge in [0.2, 0.25) is 0 Å². The molecule has 2 rings (SSSR count). The fourth-order valence-electron chi connectivity index (χ4n) is 1.75. The molecule has 0 unspecified atom stereocenters. The number of anilines is 1. The molecule has 0 aliphatic heterocycles. The largest absolute Gasteiger partial charge is 0.322 e. The van der Waals surface area contributed by atoms with Crippen molar-refractivity contribution in [3.05, 3.63) is 45.2 Å². The van der Waals surface area contributed by atoms with Gasteiger partial charge in [0.25, 0.3) is 5.91 Å². The molecule has 100 valence electrons. The van der Waals surface area contributed by atoms with Gasteiger partial charge < -0.3 is 5.32 Å². The van der Waals surface area contributed by atoms with Crippen LogP contribution in [-0.4, -0.2) is 15.7 Å². The van der Waals surface area contributed by atoms with Crippen molar-refractivity contribution in [1.82, 2.24) is 9.78 Å². The molecule has 1 heterocycles. The van der Waals surface area contributed by atoms with E-state index in [9.17, 15) is 4.79 Å². The molecule has 6 heteroatoms. The summed E-state index contributed by atoms with van der Waals surface area (Å²) in [6, 6.07) is 5.34. The van der Waals surface area contributed by atoms with E-state index in [1.54, 1.807) is 26.1 Å². The lowest BCUT2D eigenvalue weighted by molar-refractivity contribution is 0.102. The highest BCUT2D eigenvalue weighted by molar-refractivity contribution is 6.34. The van der Waals surface area contributed by atoms with Crippen LogP contribution in [0, 0.1) is 13.8 Å². The smallest absolute Gasteiger partial charge is 0.260 e. The average Bonchev–Trinajstić information content (AvgIpc) is 2.58. The number of aromatic nitrogens is 2. The maximum atomic E-state index is 12.2. The van der Waals surface area contributed by atoms with Crippen LogP contribution in [0.2, 0.25) is 10.2 Å². The van der Waals surface area contributed by atoms with Crippen LogP contribution in [0.3, 0.4) is 0 Å². The topological polar surface area (TPSA) is 46.9 Å². The average molecular weight is 298 g/mol. The van der Waals surface area contributed by atoms with Gasteiger partial charge in [-0.3, -0.25) is 9.48 Å². The molecular formula is C13H13Cl2N3O. The number of hydrogen-bond donors (Lipinski definition) is 1. The predicted octanol–water partition coefficient (Wildman–Crippen LogP) is 3.60. The van der Waals surface area contributed by atoms with Crippen molar-refractivity contribution in [2.45, 2.75) is 13.8 Å². The van der Waals surface area contributed by atoms with Gasteiger partial charge in [-0.05, 0) is 31.5 Å². The Hall–Kier alpha value is -1.52. The molecule has 1 aromatic carbocycles. The van der Waals surface area contributed by atoms with Gasteiger partial charge >= 0.3 is 0 Å². The van der Waals surface area contributed by atoms with E-state index in [2.05, 4.69) is 10.4 Å². The molecular weight excluding hydrogens is 285 g/mol. The zero-order chi connectivity index (χ0) is 14.2. The van der Waals surface area contributed by atoms with E-state index in [-0.39, 0.29) is 5.91 Å². The maximum Gasteiger partial charge on any atom is 0.260 e. The van der Waals surface area contributed by atoms with Crippen molar-refractivity contribution in [2.75, 3.05) is 5.32 Å². The summed E-state index contributed by atoms with van der Waals surface area (Å²) in [5.41, 5.74) is 2.54. The molecule has 0 atom stereocenters. The second kappa shape index (κ2) is 5.23. The molecule has 19 heavy (non-hydrogen) atoms. The number of nitrogens with one attached hydrogen (secondary N) is 1. The first-order valence-corrected chi connectivity index (χ1v) is 6.42. The van der Waals surface area contributed by atoms with E-state index in [1.807, 2.05) is 13.0 Å². The summed E-state index contributed by atoms with van der Waals surface area (Å²) < 4.78 is 1.47. The Morgan fingerprint density at radius 2 is 2.00 bits per heavy atom. The molecule has 0 aliphatic rings. The third-order valence-corrected chi connectivity index (χ3v) is 3.65. The third-order valence-electron chi connectivity index (χ3n) is 2.81. The second-order valence-corrected chi connectivity index (χ2v) is 5.06. The Labute approximate surface area is 121 Å².